The predicted molar refractivity (Wildman–Crippen MR) is 93.7 cm³/mol. The van der Waals surface area contributed by atoms with E-state index in [4.69, 9.17) is 0 Å². The number of carbonyl (C=O) groups is 1. The molecule has 1 aliphatic rings. The Balaban J connectivity index is 2.09. The van der Waals surface area contributed by atoms with E-state index in [0.29, 0.717) is 28.2 Å². The number of amidine groups is 1. The second-order valence-electron chi connectivity index (χ2n) is 5.89. The zero-order valence-electron chi connectivity index (χ0n) is 14.1. The zero-order valence-corrected chi connectivity index (χ0v) is 14.1. The average molecular weight is 378 g/mol. The summed E-state index contributed by atoms with van der Waals surface area (Å²) in [5.41, 5.74) is 1.25. The number of nitrogens with zero attached hydrogens (tertiary/aromatic N) is 1. The molecule has 0 amide bonds. The molecule has 1 heterocycles. The minimum atomic E-state index is -4.45. The number of halogens is 4. The lowest BCUT2D eigenvalue weighted by atomic mass is 9.99. The normalized spacial score (nSPS) is 15.4. The Morgan fingerprint density at radius 2 is 1.89 bits per heavy atom. The van der Waals surface area contributed by atoms with Crippen molar-refractivity contribution in [1.82, 2.24) is 0 Å². The van der Waals surface area contributed by atoms with Crippen LogP contribution in [0.15, 0.2) is 53.0 Å². The molecule has 1 N–H and O–H groups in total. The lowest BCUT2D eigenvalue weighted by Crippen LogP contribution is -2.14. The number of hydrogen-bond donors (Lipinski definition) is 1. The molecule has 8 heteroatoms. The molecule has 0 aromatic heterocycles. The van der Waals surface area contributed by atoms with Crippen LogP contribution in [0.4, 0.5) is 23.4 Å². The van der Waals surface area contributed by atoms with Crippen LogP contribution in [0.3, 0.4) is 0 Å². The summed E-state index contributed by atoms with van der Waals surface area (Å²) in [5.74, 6) is -0.715. The van der Waals surface area contributed by atoms with Crippen LogP contribution < -0.4 is 5.32 Å². The molecule has 4 nitrogen and oxygen atoms in total. The number of aliphatic imine (C=N–C) groups is 1. The van der Waals surface area contributed by atoms with Gasteiger partial charge < -0.3 is 5.32 Å². The average Bonchev–Trinajstić information content (AvgIpc) is 2.85. The van der Waals surface area contributed by atoms with E-state index >= 15 is 0 Å². The number of hydrogen-bond acceptors (Lipinski definition) is 3. The molecule has 0 spiro atoms. The lowest BCUT2D eigenvalue weighted by molar-refractivity contribution is -0.178. The van der Waals surface area contributed by atoms with Gasteiger partial charge in [-0.25, -0.2) is 9.74 Å². The smallest absolute Gasteiger partial charge is 0.343 e. The molecule has 3 rings (SSSR count). The summed E-state index contributed by atoms with van der Waals surface area (Å²) in [6.45, 7) is 0. The summed E-state index contributed by atoms with van der Waals surface area (Å²) in [5, 5.41) is 3.02. The van der Waals surface area contributed by atoms with Gasteiger partial charge in [0.2, 0.25) is 0 Å². The Morgan fingerprint density at radius 1 is 1.15 bits per heavy atom. The van der Waals surface area contributed by atoms with Crippen molar-refractivity contribution in [1.29, 1.82) is 0 Å². The van der Waals surface area contributed by atoms with Crippen molar-refractivity contribution in [2.24, 2.45) is 4.99 Å². The molecule has 2 aromatic carbocycles. The van der Waals surface area contributed by atoms with E-state index in [9.17, 15) is 22.5 Å². The van der Waals surface area contributed by atoms with Crippen molar-refractivity contribution in [3.63, 3.8) is 0 Å². The summed E-state index contributed by atoms with van der Waals surface area (Å²) in [4.78, 5) is 18.9. The van der Waals surface area contributed by atoms with Crippen molar-refractivity contribution in [3.05, 3.63) is 59.2 Å². The number of carbonyl (C=O) groups excluding carboxylic acids is 1. The Bertz CT molecular complexity index is 949. The highest BCUT2D eigenvalue weighted by Crippen LogP contribution is 2.34. The van der Waals surface area contributed by atoms with Crippen LogP contribution in [-0.2, 0) is 15.9 Å². The zero-order chi connectivity index (χ0) is 19.6. The lowest BCUT2D eigenvalue weighted by Gasteiger charge is -2.12. The Morgan fingerprint density at radius 3 is 2.56 bits per heavy atom. The largest absolute Gasteiger partial charge is 0.416 e. The predicted octanol–water partition coefficient (Wildman–Crippen LogP) is 5.03. The maximum Gasteiger partial charge on any atom is 0.416 e. The third kappa shape index (κ3) is 3.99. The van der Waals surface area contributed by atoms with Gasteiger partial charge in [0.15, 0.2) is 0 Å². The van der Waals surface area contributed by atoms with Crippen molar-refractivity contribution in [3.8, 4) is 11.1 Å². The number of benzene rings is 2. The summed E-state index contributed by atoms with van der Waals surface area (Å²) < 4.78 is 51.2. The molecule has 1 aliphatic heterocycles. The highest BCUT2D eigenvalue weighted by molar-refractivity contribution is 6.08. The molecule has 0 aliphatic carbocycles. The monoisotopic (exact) mass is 378 g/mol. The van der Waals surface area contributed by atoms with Crippen molar-refractivity contribution in [2.45, 2.75) is 12.6 Å². The van der Waals surface area contributed by atoms with Crippen LogP contribution in [-0.4, -0.2) is 18.9 Å². The van der Waals surface area contributed by atoms with E-state index in [-0.39, 0.29) is 12.0 Å². The Labute approximate surface area is 152 Å². The molecule has 0 atom stereocenters. The molecule has 0 radical (unpaired) electrons. The van der Waals surface area contributed by atoms with Crippen LogP contribution in [0.25, 0.3) is 17.2 Å². The van der Waals surface area contributed by atoms with Gasteiger partial charge in [0.05, 0.1) is 5.56 Å². The van der Waals surface area contributed by atoms with E-state index < -0.39 is 17.7 Å². The van der Waals surface area contributed by atoms with Crippen molar-refractivity contribution in [2.75, 3.05) is 12.4 Å². The number of alkyl halides is 3. The number of fused-ring (bicyclic) bond motifs is 1. The molecule has 0 bridgehead atoms. The first-order valence-corrected chi connectivity index (χ1v) is 7.89. The highest BCUT2D eigenvalue weighted by Gasteiger charge is 2.30. The van der Waals surface area contributed by atoms with Gasteiger partial charge in [-0.1, -0.05) is 18.2 Å². The van der Waals surface area contributed by atoms with Gasteiger partial charge >= 0.3 is 12.1 Å². The SMILES string of the molecule is CN=C1CC(C(=O)OF)=Cc2cc(-c3cccc(C(F)(F)F)c3)ccc2N1. The van der Waals surface area contributed by atoms with Gasteiger partial charge in [-0.05, 0) is 47.0 Å². The highest BCUT2D eigenvalue weighted by atomic mass is 19.4. The minimum Gasteiger partial charge on any atom is -0.343 e. The molecular formula is C19H14F4N2O2. The van der Waals surface area contributed by atoms with Crippen LogP contribution in [0.5, 0.6) is 0 Å². The van der Waals surface area contributed by atoms with Gasteiger partial charge in [-0.3, -0.25) is 4.99 Å². The first kappa shape index (κ1) is 18.6. The van der Waals surface area contributed by atoms with E-state index in [1.54, 1.807) is 24.3 Å². The van der Waals surface area contributed by atoms with E-state index in [1.165, 1.54) is 19.2 Å². The second-order valence-corrected chi connectivity index (χ2v) is 5.89. The second kappa shape index (κ2) is 7.22. The third-order valence-electron chi connectivity index (χ3n) is 4.14. The van der Waals surface area contributed by atoms with Crippen molar-refractivity contribution >= 4 is 23.6 Å². The summed E-state index contributed by atoms with van der Waals surface area (Å²) >= 11 is 0. The summed E-state index contributed by atoms with van der Waals surface area (Å²) in [7, 11) is 1.52. The standard InChI is InChI=1S/C19H14F4N2O2/c1-24-17-10-14(18(26)27-23)8-13-7-12(5-6-16(13)25-17)11-3-2-4-15(9-11)19(20,21)22/h2-9H,10H2,1H3,(H,24,25). The van der Waals surface area contributed by atoms with Gasteiger partial charge in [0.25, 0.3) is 0 Å². The molecule has 0 unspecified atom stereocenters. The fourth-order valence-corrected chi connectivity index (χ4v) is 2.79. The van der Waals surface area contributed by atoms with Crippen LogP contribution in [0, 0.1) is 0 Å². The maximum absolute atomic E-state index is 13.0. The molecule has 0 saturated heterocycles. The summed E-state index contributed by atoms with van der Waals surface area (Å²) in [6.07, 6.45) is -2.99. The maximum atomic E-state index is 13.0. The van der Waals surface area contributed by atoms with Crippen LogP contribution >= 0.6 is 0 Å². The molecular weight excluding hydrogens is 364 g/mol. The van der Waals surface area contributed by atoms with Gasteiger partial charge in [0, 0.05) is 29.3 Å². The van der Waals surface area contributed by atoms with Gasteiger partial charge in [0.1, 0.15) is 5.84 Å². The molecule has 0 saturated carbocycles. The Hall–Kier alpha value is -3.16. The minimum absolute atomic E-state index is 0.0329. The number of nitrogens with one attached hydrogen (secondary N) is 1. The first-order valence-electron chi connectivity index (χ1n) is 7.89. The number of rotatable bonds is 2. The van der Waals surface area contributed by atoms with Crippen LogP contribution in [0.2, 0.25) is 0 Å². The molecule has 2 aromatic rings. The topological polar surface area (TPSA) is 50.7 Å². The fourth-order valence-electron chi connectivity index (χ4n) is 2.79. The number of anilines is 1. The van der Waals surface area contributed by atoms with E-state index in [0.717, 1.165) is 12.1 Å². The van der Waals surface area contributed by atoms with Gasteiger partial charge in [-0.2, -0.15) is 13.2 Å². The quantitative estimate of drug-likeness (QED) is 0.746. The fraction of sp³-hybridized carbons (Fsp3) is 0.158. The van der Waals surface area contributed by atoms with E-state index in [2.05, 4.69) is 15.3 Å². The molecule has 0 fully saturated rings. The van der Waals surface area contributed by atoms with Crippen molar-refractivity contribution < 1.29 is 27.4 Å². The Kier molecular flexibility index (Phi) is 4.98. The summed E-state index contributed by atoms with van der Waals surface area (Å²) in [6, 6.07) is 9.85. The van der Waals surface area contributed by atoms with Gasteiger partial charge in [-0.15, -0.1) is 0 Å². The van der Waals surface area contributed by atoms with E-state index in [1.807, 2.05) is 0 Å². The first-order chi connectivity index (χ1) is 12.8. The molecule has 27 heavy (non-hydrogen) atoms. The third-order valence-corrected chi connectivity index (χ3v) is 4.14. The molecule has 140 valence electrons. The van der Waals surface area contributed by atoms with Crippen LogP contribution in [0.1, 0.15) is 17.5 Å².